The number of aliphatic carboxylic acids is 1. The molecule has 0 saturated carbocycles. The Morgan fingerprint density at radius 2 is 2.14 bits per heavy atom. The summed E-state index contributed by atoms with van der Waals surface area (Å²) in [5.74, 6) is -0.869. The van der Waals surface area contributed by atoms with Gasteiger partial charge in [-0.15, -0.1) is 0 Å². The Bertz CT molecular complexity index is 657. The van der Waals surface area contributed by atoms with Crippen molar-refractivity contribution in [3.8, 4) is 0 Å². The monoisotopic (exact) mass is 287 g/mol. The first-order chi connectivity index (χ1) is 10.0. The zero-order chi connectivity index (χ0) is 15.2. The van der Waals surface area contributed by atoms with Crippen LogP contribution in [0.2, 0.25) is 0 Å². The predicted octanol–water partition coefficient (Wildman–Crippen LogP) is 2.61. The summed E-state index contributed by atoms with van der Waals surface area (Å²) in [4.78, 5) is 26.5. The van der Waals surface area contributed by atoms with E-state index in [0.717, 1.165) is 10.9 Å². The van der Waals surface area contributed by atoms with Gasteiger partial charge >= 0.3 is 12.0 Å². The van der Waals surface area contributed by atoms with Crippen molar-refractivity contribution in [1.82, 2.24) is 10.3 Å². The molecular formula is C15H17N3O3. The molecule has 2 rings (SSSR count). The summed E-state index contributed by atoms with van der Waals surface area (Å²) in [5, 5.41) is 15.0. The first kappa shape index (κ1) is 14.8. The number of nitrogens with one attached hydrogen (secondary N) is 2. The van der Waals surface area contributed by atoms with Crippen LogP contribution in [0.1, 0.15) is 19.8 Å². The Morgan fingerprint density at radius 1 is 1.33 bits per heavy atom. The molecule has 0 saturated heterocycles. The fraction of sp³-hybridized carbons (Fsp3) is 0.267. The van der Waals surface area contributed by atoms with E-state index in [-0.39, 0.29) is 18.5 Å². The third kappa shape index (κ3) is 4.45. The van der Waals surface area contributed by atoms with Crippen LogP contribution in [0.5, 0.6) is 0 Å². The van der Waals surface area contributed by atoms with Gasteiger partial charge in [-0.2, -0.15) is 0 Å². The van der Waals surface area contributed by atoms with Gasteiger partial charge in [-0.05, 0) is 37.6 Å². The van der Waals surface area contributed by atoms with Crippen LogP contribution in [0.15, 0.2) is 36.5 Å². The lowest BCUT2D eigenvalue weighted by Gasteiger charge is -2.13. The van der Waals surface area contributed by atoms with E-state index >= 15 is 0 Å². The number of hydrogen-bond donors (Lipinski definition) is 3. The molecule has 6 heteroatoms. The van der Waals surface area contributed by atoms with E-state index < -0.39 is 5.97 Å². The molecule has 6 nitrogen and oxygen atoms in total. The molecule has 0 bridgehead atoms. The molecule has 0 aliphatic carbocycles. The highest BCUT2D eigenvalue weighted by Gasteiger charge is 2.09. The molecule has 0 radical (unpaired) electrons. The van der Waals surface area contributed by atoms with Crippen LogP contribution in [0, 0.1) is 0 Å². The second-order valence-electron chi connectivity index (χ2n) is 4.84. The molecule has 1 unspecified atom stereocenters. The Kier molecular flexibility index (Phi) is 4.71. The van der Waals surface area contributed by atoms with E-state index in [1.54, 1.807) is 19.2 Å². The van der Waals surface area contributed by atoms with E-state index in [4.69, 9.17) is 5.11 Å². The van der Waals surface area contributed by atoms with Gasteiger partial charge in [-0.1, -0.05) is 6.07 Å². The zero-order valence-corrected chi connectivity index (χ0v) is 11.7. The standard InChI is InChI=1S/C15H17N3O3/c1-10(4-7-14(19)20)17-15(21)18-12-5-6-13-11(9-12)3-2-8-16-13/h2-3,5-6,8-10H,4,7H2,1H3,(H,19,20)(H2,17,18,21). The number of hydrogen-bond acceptors (Lipinski definition) is 3. The molecule has 0 spiro atoms. The fourth-order valence-corrected chi connectivity index (χ4v) is 1.96. The lowest BCUT2D eigenvalue weighted by molar-refractivity contribution is -0.137. The summed E-state index contributed by atoms with van der Waals surface area (Å²) < 4.78 is 0. The molecule has 1 aromatic heterocycles. The first-order valence-electron chi connectivity index (χ1n) is 6.68. The molecule has 110 valence electrons. The average Bonchev–Trinajstić information content (AvgIpc) is 2.45. The minimum Gasteiger partial charge on any atom is -0.481 e. The quantitative estimate of drug-likeness (QED) is 0.788. The number of aromatic nitrogens is 1. The summed E-state index contributed by atoms with van der Waals surface area (Å²) in [5.41, 5.74) is 1.52. The zero-order valence-electron chi connectivity index (χ0n) is 11.7. The number of carboxylic acids is 1. The fourth-order valence-electron chi connectivity index (χ4n) is 1.96. The minimum absolute atomic E-state index is 0.0308. The van der Waals surface area contributed by atoms with Crippen molar-refractivity contribution in [3.05, 3.63) is 36.5 Å². The normalized spacial score (nSPS) is 11.9. The van der Waals surface area contributed by atoms with Gasteiger partial charge in [0.1, 0.15) is 0 Å². The molecule has 21 heavy (non-hydrogen) atoms. The predicted molar refractivity (Wildman–Crippen MR) is 80.2 cm³/mol. The molecule has 0 fully saturated rings. The molecule has 1 aromatic carbocycles. The van der Waals surface area contributed by atoms with E-state index in [1.165, 1.54) is 0 Å². The lowest BCUT2D eigenvalue weighted by atomic mass is 10.2. The summed E-state index contributed by atoms with van der Waals surface area (Å²) >= 11 is 0. The highest BCUT2D eigenvalue weighted by molar-refractivity contribution is 5.92. The van der Waals surface area contributed by atoms with Gasteiger partial charge in [0.2, 0.25) is 0 Å². The van der Waals surface area contributed by atoms with Crippen LogP contribution in [-0.4, -0.2) is 28.1 Å². The Hall–Kier alpha value is -2.63. The van der Waals surface area contributed by atoms with E-state index in [2.05, 4.69) is 15.6 Å². The van der Waals surface area contributed by atoms with Crippen molar-refractivity contribution < 1.29 is 14.7 Å². The number of carbonyl (C=O) groups is 2. The Balaban J connectivity index is 1.93. The van der Waals surface area contributed by atoms with Gasteiger partial charge in [0.05, 0.1) is 5.52 Å². The maximum absolute atomic E-state index is 11.8. The van der Waals surface area contributed by atoms with Crippen molar-refractivity contribution in [2.45, 2.75) is 25.8 Å². The van der Waals surface area contributed by atoms with Crippen LogP contribution < -0.4 is 10.6 Å². The van der Waals surface area contributed by atoms with Gasteiger partial charge in [0.15, 0.2) is 0 Å². The lowest BCUT2D eigenvalue weighted by Crippen LogP contribution is -2.36. The molecule has 0 aliphatic heterocycles. The van der Waals surface area contributed by atoms with Crippen molar-refractivity contribution in [1.29, 1.82) is 0 Å². The van der Waals surface area contributed by atoms with Crippen molar-refractivity contribution >= 4 is 28.6 Å². The van der Waals surface area contributed by atoms with Crippen LogP contribution in [0.4, 0.5) is 10.5 Å². The Morgan fingerprint density at radius 3 is 2.90 bits per heavy atom. The molecule has 1 heterocycles. The smallest absolute Gasteiger partial charge is 0.319 e. The molecule has 1 atom stereocenters. The SMILES string of the molecule is CC(CCC(=O)O)NC(=O)Nc1ccc2ncccc2c1. The topological polar surface area (TPSA) is 91.3 Å². The van der Waals surface area contributed by atoms with Crippen LogP contribution in [0.25, 0.3) is 10.9 Å². The number of rotatable bonds is 5. The van der Waals surface area contributed by atoms with Crippen molar-refractivity contribution in [2.75, 3.05) is 5.32 Å². The number of fused-ring (bicyclic) bond motifs is 1. The summed E-state index contributed by atoms with van der Waals surface area (Å²) in [7, 11) is 0. The van der Waals surface area contributed by atoms with Crippen molar-refractivity contribution in [2.24, 2.45) is 0 Å². The van der Waals surface area contributed by atoms with E-state index in [9.17, 15) is 9.59 Å². The highest BCUT2D eigenvalue weighted by Crippen LogP contribution is 2.16. The number of amides is 2. The van der Waals surface area contributed by atoms with Crippen LogP contribution in [0.3, 0.4) is 0 Å². The van der Waals surface area contributed by atoms with Gasteiger partial charge in [-0.25, -0.2) is 4.79 Å². The number of urea groups is 1. The van der Waals surface area contributed by atoms with Crippen LogP contribution in [-0.2, 0) is 4.79 Å². The average molecular weight is 287 g/mol. The number of carbonyl (C=O) groups excluding carboxylic acids is 1. The van der Waals surface area contributed by atoms with Crippen LogP contribution >= 0.6 is 0 Å². The summed E-state index contributed by atoms with van der Waals surface area (Å²) in [6, 6.07) is 8.64. The van der Waals surface area contributed by atoms with E-state index in [1.807, 2.05) is 24.3 Å². The van der Waals surface area contributed by atoms with Gasteiger partial charge in [0, 0.05) is 29.7 Å². The molecule has 3 N–H and O–H groups in total. The first-order valence-corrected chi connectivity index (χ1v) is 6.68. The minimum atomic E-state index is -0.869. The summed E-state index contributed by atoms with van der Waals surface area (Å²) in [6.07, 6.45) is 2.14. The highest BCUT2D eigenvalue weighted by atomic mass is 16.4. The third-order valence-electron chi connectivity index (χ3n) is 3.03. The molecule has 2 amide bonds. The second-order valence-corrected chi connectivity index (χ2v) is 4.84. The third-order valence-corrected chi connectivity index (χ3v) is 3.03. The maximum atomic E-state index is 11.8. The van der Waals surface area contributed by atoms with Gasteiger partial charge in [-0.3, -0.25) is 9.78 Å². The summed E-state index contributed by atoms with van der Waals surface area (Å²) in [6.45, 7) is 1.77. The van der Waals surface area contributed by atoms with Crippen molar-refractivity contribution in [3.63, 3.8) is 0 Å². The second kappa shape index (κ2) is 6.69. The number of pyridine rings is 1. The molecule has 2 aromatic rings. The van der Waals surface area contributed by atoms with E-state index in [0.29, 0.717) is 12.1 Å². The Labute approximate surface area is 122 Å². The molecule has 0 aliphatic rings. The number of benzene rings is 1. The number of anilines is 1. The largest absolute Gasteiger partial charge is 0.481 e. The van der Waals surface area contributed by atoms with Gasteiger partial charge in [0.25, 0.3) is 0 Å². The van der Waals surface area contributed by atoms with Gasteiger partial charge < -0.3 is 15.7 Å². The maximum Gasteiger partial charge on any atom is 0.319 e. The number of nitrogens with zero attached hydrogens (tertiary/aromatic N) is 1. The number of carboxylic acid groups (broad SMARTS) is 1. The molecular weight excluding hydrogens is 270 g/mol.